The van der Waals surface area contributed by atoms with Gasteiger partial charge in [-0.15, -0.1) is 6.58 Å². The van der Waals surface area contributed by atoms with Gasteiger partial charge < -0.3 is 10.2 Å². The molecule has 2 nitrogen and oxygen atoms in total. The third-order valence-electron chi connectivity index (χ3n) is 2.74. The Hall–Kier alpha value is -1.54. The van der Waals surface area contributed by atoms with Crippen molar-refractivity contribution >= 4 is 11.0 Å². The van der Waals surface area contributed by atoms with Crippen molar-refractivity contribution in [3.8, 4) is 0 Å². The van der Waals surface area contributed by atoms with Crippen molar-refractivity contribution < 1.29 is 4.42 Å². The highest BCUT2D eigenvalue weighted by atomic mass is 16.3. The molecule has 1 atom stereocenters. The van der Waals surface area contributed by atoms with Crippen molar-refractivity contribution in [3.05, 3.63) is 48.2 Å². The summed E-state index contributed by atoms with van der Waals surface area (Å²) in [7, 11) is 0. The first kappa shape index (κ1) is 11.0. The number of furan rings is 1. The highest BCUT2D eigenvalue weighted by Gasteiger charge is 2.11. The summed E-state index contributed by atoms with van der Waals surface area (Å²) in [6, 6.07) is 8.16. The van der Waals surface area contributed by atoms with Gasteiger partial charge in [-0.3, -0.25) is 0 Å². The molecule has 1 heterocycles. The predicted octanol–water partition coefficient (Wildman–Crippen LogP) is 3.71. The molecule has 16 heavy (non-hydrogen) atoms. The van der Waals surface area contributed by atoms with E-state index in [0.717, 1.165) is 29.6 Å². The molecule has 0 amide bonds. The van der Waals surface area contributed by atoms with Gasteiger partial charge in [0, 0.05) is 5.39 Å². The molecule has 0 spiro atoms. The van der Waals surface area contributed by atoms with Crippen LogP contribution < -0.4 is 5.73 Å². The fraction of sp³-hybridized carbons (Fsp3) is 0.286. The molecule has 2 aromatic rings. The Kier molecular flexibility index (Phi) is 3.11. The van der Waals surface area contributed by atoms with Gasteiger partial charge in [-0.2, -0.15) is 0 Å². The molecule has 84 valence electrons. The predicted molar refractivity (Wildman–Crippen MR) is 67.3 cm³/mol. The highest BCUT2D eigenvalue weighted by Crippen LogP contribution is 2.25. The molecule has 0 aliphatic heterocycles. The molecule has 1 unspecified atom stereocenters. The van der Waals surface area contributed by atoms with Crippen LogP contribution in [0.1, 0.15) is 30.2 Å². The lowest BCUT2D eigenvalue weighted by atomic mass is 10.1. The highest BCUT2D eigenvalue weighted by molar-refractivity contribution is 5.78. The topological polar surface area (TPSA) is 39.2 Å². The van der Waals surface area contributed by atoms with Crippen LogP contribution in [-0.4, -0.2) is 0 Å². The molecule has 2 rings (SSSR count). The number of aryl methyl sites for hydroxylation is 1. The molecule has 0 radical (unpaired) electrons. The molecular weight excluding hydrogens is 198 g/mol. The number of allylic oxidation sites excluding steroid dienone is 1. The summed E-state index contributed by atoms with van der Waals surface area (Å²) in [5.41, 5.74) is 8.19. The molecule has 1 aromatic heterocycles. The summed E-state index contributed by atoms with van der Waals surface area (Å²) < 4.78 is 5.72. The summed E-state index contributed by atoms with van der Waals surface area (Å²) in [4.78, 5) is 0. The van der Waals surface area contributed by atoms with Gasteiger partial charge in [0.15, 0.2) is 0 Å². The zero-order valence-corrected chi connectivity index (χ0v) is 9.57. The van der Waals surface area contributed by atoms with E-state index in [1.807, 2.05) is 24.3 Å². The van der Waals surface area contributed by atoms with E-state index in [9.17, 15) is 0 Å². The lowest BCUT2D eigenvalue weighted by molar-refractivity contribution is 0.480. The van der Waals surface area contributed by atoms with Crippen LogP contribution in [0.15, 0.2) is 41.3 Å². The molecule has 2 N–H and O–H groups in total. The number of nitrogens with two attached hydrogens (primary N) is 1. The van der Waals surface area contributed by atoms with Crippen LogP contribution in [0.25, 0.3) is 11.0 Å². The molecule has 1 aromatic carbocycles. The molecule has 0 aliphatic carbocycles. The van der Waals surface area contributed by atoms with Crippen molar-refractivity contribution in [2.45, 2.75) is 25.8 Å². The van der Waals surface area contributed by atoms with Crippen molar-refractivity contribution in [1.29, 1.82) is 0 Å². The van der Waals surface area contributed by atoms with E-state index in [2.05, 4.69) is 19.6 Å². The quantitative estimate of drug-likeness (QED) is 0.790. The number of hydrogen-bond acceptors (Lipinski definition) is 2. The Bertz CT molecular complexity index is 498. The van der Waals surface area contributed by atoms with Gasteiger partial charge in [-0.25, -0.2) is 0 Å². The fourth-order valence-corrected chi connectivity index (χ4v) is 1.81. The van der Waals surface area contributed by atoms with Crippen molar-refractivity contribution in [1.82, 2.24) is 0 Å². The Morgan fingerprint density at radius 1 is 1.44 bits per heavy atom. The Morgan fingerprint density at radius 3 is 3.00 bits per heavy atom. The minimum absolute atomic E-state index is 0.0364. The number of fused-ring (bicyclic) bond motifs is 1. The van der Waals surface area contributed by atoms with E-state index in [4.69, 9.17) is 10.2 Å². The van der Waals surface area contributed by atoms with Crippen LogP contribution in [0, 0.1) is 6.92 Å². The van der Waals surface area contributed by atoms with Gasteiger partial charge in [-0.1, -0.05) is 17.7 Å². The fourth-order valence-electron chi connectivity index (χ4n) is 1.81. The van der Waals surface area contributed by atoms with E-state index in [0.29, 0.717) is 0 Å². The normalized spacial score (nSPS) is 12.9. The van der Waals surface area contributed by atoms with Gasteiger partial charge in [0.25, 0.3) is 0 Å². The van der Waals surface area contributed by atoms with E-state index < -0.39 is 0 Å². The van der Waals surface area contributed by atoms with Crippen molar-refractivity contribution in [2.75, 3.05) is 0 Å². The van der Waals surface area contributed by atoms with Crippen molar-refractivity contribution in [3.63, 3.8) is 0 Å². The van der Waals surface area contributed by atoms with Crippen LogP contribution in [0.5, 0.6) is 0 Å². The molecule has 0 fully saturated rings. The van der Waals surface area contributed by atoms with Crippen LogP contribution >= 0.6 is 0 Å². The lowest BCUT2D eigenvalue weighted by Gasteiger charge is -2.05. The molecule has 0 aliphatic rings. The van der Waals surface area contributed by atoms with E-state index >= 15 is 0 Å². The van der Waals surface area contributed by atoms with Gasteiger partial charge in [0.1, 0.15) is 11.3 Å². The van der Waals surface area contributed by atoms with E-state index in [-0.39, 0.29) is 6.04 Å². The van der Waals surface area contributed by atoms with E-state index in [1.165, 1.54) is 5.56 Å². The number of hydrogen-bond donors (Lipinski definition) is 1. The first-order valence-corrected chi connectivity index (χ1v) is 5.57. The van der Waals surface area contributed by atoms with E-state index in [1.54, 1.807) is 0 Å². The Balaban J connectivity index is 2.28. The van der Waals surface area contributed by atoms with Gasteiger partial charge in [0.2, 0.25) is 0 Å². The van der Waals surface area contributed by atoms with Crippen LogP contribution in [0.3, 0.4) is 0 Å². The zero-order chi connectivity index (χ0) is 11.5. The molecule has 0 bridgehead atoms. The molecule has 0 saturated heterocycles. The number of benzene rings is 1. The summed E-state index contributed by atoms with van der Waals surface area (Å²) >= 11 is 0. The summed E-state index contributed by atoms with van der Waals surface area (Å²) in [6.07, 6.45) is 3.67. The number of rotatable bonds is 4. The standard InChI is InChI=1S/C14H17NO/c1-3-4-5-12(15)14-9-11-8-10(2)6-7-13(11)16-14/h3,6-9,12H,1,4-5,15H2,2H3. The van der Waals surface area contributed by atoms with Gasteiger partial charge in [-0.05, 0) is 38.0 Å². The molecular formula is C14H17NO. The maximum atomic E-state index is 6.04. The summed E-state index contributed by atoms with van der Waals surface area (Å²) in [6.45, 7) is 5.77. The summed E-state index contributed by atoms with van der Waals surface area (Å²) in [5.74, 6) is 0.863. The average molecular weight is 215 g/mol. The van der Waals surface area contributed by atoms with Crippen molar-refractivity contribution in [2.24, 2.45) is 5.73 Å². The second-order valence-electron chi connectivity index (χ2n) is 4.16. The second kappa shape index (κ2) is 4.54. The van der Waals surface area contributed by atoms with Gasteiger partial charge >= 0.3 is 0 Å². The third kappa shape index (κ3) is 2.17. The first-order valence-electron chi connectivity index (χ1n) is 5.57. The maximum Gasteiger partial charge on any atom is 0.134 e. The Morgan fingerprint density at radius 2 is 2.25 bits per heavy atom. The van der Waals surface area contributed by atoms with Crippen LogP contribution in [-0.2, 0) is 0 Å². The second-order valence-corrected chi connectivity index (χ2v) is 4.16. The third-order valence-corrected chi connectivity index (χ3v) is 2.74. The maximum absolute atomic E-state index is 6.04. The Labute approximate surface area is 95.7 Å². The van der Waals surface area contributed by atoms with Gasteiger partial charge in [0.05, 0.1) is 6.04 Å². The smallest absolute Gasteiger partial charge is 0.134 e. The average Bonchev–Trinajstić information content (AvgIpc) is 2.68. The first-order chi connectivity index (χ1) is 7.70. The zero-order valence-electron chi connectivity index (χ0n) is 9.57. The SMILES string of the molecule is C=CCCC(N)c1cc2cc(C)ccc2o1. The monoisotopic (exact) mass is 215 g/mol. The van der Waals surface area contributed by atoms with Crippen LogP contribution in [0.2, 0.25) is 0 Å². The minimum atomic E-state index is -0.0364. The minimum Gasteiger partial charge on any atom is -0.459 e. The largest absolute Gasteiger partial charge is 0.459 e. The molecule has 0 saturated carbocycles. The van der Waals surface area contributed by atoms with Crippen LogP contribution in [0.4, 0.5) is 0 Å². The lowest BCUT2D eigenvalue weighted by Crippen LogP contribution is -2.08. The summed E-state index contributed by atoms with van der Waals surface area (Å²) in [5, 5.41) is 1.13. The molecule has 2 heteroatoms.